The molecule has 148 valence electrons. The van der Waals surface area contributed by atoms with E-state index in [1.165, 1.54) is 0 Å². The summed E-state index contributed by atoms with van der Waals surface area (Å²) in [5.41, 5.74) is 3.34. The van der Waals surface area contributed by atoms with Gasteiger partial charge in [-0.05, 0) is 73.6 Å². The van der Waals surface area contributed by atoms with Gasteiger partial charge in [-0.25, -0.2) is 0 Å². The Morgan fingerprint density at radius 2 is 1.90 bits per heavy atom. The van der Waals surface area contributed by atoms with Gasteiger partial charge in [-0.2, -0.15) is 5.26 Å². The van der Waals surface area contributed by atoms with E-state index < -0.39 is 0 Å². The third-order valence-electron chi connectivity index (χ3n) is 6.07. The van der Waals surface area contributed by atoms with E-state index in [1.54, 1.807) is 6.07 Å². The summed E-state index contributed by atoms with van der Waals surface area (Å²) in [5, 5.41) is 12.2. The SMILES string of the molecule is N#Cc1cccc(C2CCCC2C(=O)Nc2ccc(N3CCCCC3=O)cc2)c1. The smallest absolute Gasteiger partial charge is 0.228 e. The zero-order chi connectivity index (χ0) is 20.2. The Kier molecular flexibility index (Phi) is 5.62. The lowest BCUT2D eigenvalue weighted by atomic mass is 9.87. The highest BCUT2D eigenvalue weighted by Gasteiger charge is 2.34. The van der Waals surface area contributed by atoms with Crippen LogP contribution >= 0.6 is 0 Å². The topological polar surface area (TPSA) is 73.2 Å². The Bertz CT molecular complexity index is 945. The summed E-state index contributed by atoms with van der Waals surface area (Å²) in [7, 11) is 0. The first kappa shape index (κ1) is 19.2. The molecule has 0 aromatic heterocycles. The normalized spacial score (nSPS) is 21.6. The molecular formula is C24H25N3O2. The van der Waals surface area contributed by atoms with Crippen LogP contribution in [0.5, 0.6) is 0 Å². The molecule has 2 fully saturated rings. The molecule has 4 rings (SSSR count). The maximum atomic E-state index is 13.0. The average Bonchev–Trinajstić information content (AvgIpc) is 3.25. The summed E-state index contributed by atoms with van der Waals surface area (Å²) in [5.74, 6) is 0.249. The van der Waals surface area contributed by atoms with Gasteiger partial charge < -0.3 is 10.2 Å². The monoisotopic (exact) mass is 387 g/mol. The molecule has 0 radical (unpaired) electrons. The van der Waals surface area contributed by atoms with Gasteiger partial charge in [0.05, 0.1) is 11.6 Å². The first-order chi connectivity index (χ1) is 14.2. The molecule has 2 atom stereocenters. The van der Waals surface area contributed by atoms with Gasteiger partial charge in [-0.15, -0.1) is 0 Å². The van der Waals surface area contributed by atoms with E-state index in [0.717, 1.165) is 55.6 Å². The number of benzene rings is 2. The molecule has 5 nitrogen and oxygen atoms in total. The Morgan fingerprint density at radius 1 is 1.07 bits per heavy atom. The Hall–Kier alpha value is -3.13. The molecule has 1 aliphatic heterocycles. The largest absolute Gasteiger partial charge is 0.326 e. The van der Waals surface area contributed by atoms with Gasteiger partial charge in [0, 0.05) is 30.3 Å². The molecule has 0 spiro atoms. The van der Waals surface area contributed by atoms with Crippen LogP contribution in [-0.4, -0.2) is 18.4 Å². The number of carbonyl (C=O) groups is 2. The third kappa shape index (κ3) is 4.17. The lowest BCUT2D eigenvalue weighted by Crippen LogP contribution is -2.35. The van der Waals surface area contributed by atoms with E-state index in [4.69, 9.17) is 5.26 Å². The van der Waals surface area contributed by atoms with Gasteiger partial charge in [0.25, 0.3) is 0 Å². The minimum Gasteiger partial charge on any atom is -0.326 e. The highest BCUT2D eigenvalue weighted by atomic mass is 16.2. The fourth-order valence-corrected chi connectivity index (χ4v) is 4.55. The molecule has 1 heterocycles. The van der Waals surface area contributed by atoms with Gasteiger partial charge in [0.15, 0.2) is 0 Å². The highest BCUT2D eigenvalue weighted by molar-refractivity contribution is 5.95. The molecule has 1 aliphatic carbocycles. The Balaban J connectivity index is 1.44. The average molecular weight is 387 g/mol. The lowest BCUT2D eigenvalue weighted by molar-refractivity contribution is -0.120. The van der Waals surface area contributed by atoms with Crippen molar-refractivity contribution < 1.29 is 9.59 Å². The summed E-state index contributed by atoms with van der Waals surface area (Å²) < 4.78 is 0. The van der Waals surface area contributed by atoms with E-state index in [-0.39, 0.29) is 23.7 Å². The standard InChI is InChI=1S/C24H25N3O2/c25-16-17-5-3-6-18(15-17)21-7-4-8-22(21)24(29)26-19-10-12-20(13-11-19)27-14-2-1-9-23(27)28/h3,5-6,10-13,15,21-22H,1-2,4,7-9,14H2,(H,26,29). The number of rotatable bonds is 4. The number of piperidine rings is 1. The highest BCUT2D eigenvalue weighted by Crippen LogP contribution is 2.40. The molecule has 2 aromatic carbocycles. The van der Waals surface area contributed by atoms with E-state index in [9.17, 15) is 9.59 Å². The molecule has 1 N–H and O–H groups in total. The van der Waals surface area contributed by atoms with Gasteiger partial charge >= 0.3 is 0 Å². The molecule has 5 heteroatoms. The number of carbonyl (C=O) groups excluding carboxylic acids is 2. The molecular weight excluding hydrogens is 362 g/mol. The molecule has 1 saturated heterocycles. The van der Waals surface area contributed by atoms with Gasteiger partial charge in [0.1, 0.15) is 0 Å². The van der Waals surface area contributed by atoms with E-state index in [2.05, 4.69) is 11.4 Å². The van der Waals surface area contributed by atoms with Crippen molar-refractivity contribution in [3.63, 3.8) is 0 Å². The summed E-state index contributed by atoms with van der Waals surface area (Å²) in [6.45, 7) is 0.760. The van der Waals surface area contributed by atoms with Crippen molar-refractivity contribution in [3.8, 4) is 6.07 Å². The number of nitriles is 1. The minimum atomic E-state index is -0.0905. The van der Waals surface area contributed by atoms with Crippen molar-refractivity contribution in [3.05, 3.63) is 59.7 Å². The predicted octanol–water partition coefficient (Wildman–Crippen LogP) is 4.60. The number of amides is 2. The summed E-state index contributed by atoms with van der Waals surface area (Å²) >= 11 is 0. The van der Waals surface area contributed by atoms with Crippen molar-refractivity contribution in [1.29, 1.82) is 5.26 Å². The fraction of sp³-hybridized carbons (Fsp3) is 0.375. The number of nitrogens with zero attached hydrogens (tertiary/aromatic N) is 2. The number of hydrogen-bond donors (Lipinski definition) is 1. The second-order valence-electron chi connectivity index (χ2n) is 7.92. The number of anilines is 2. The van der Waals surface area contributed by atoms with Crippen molar-refractivity contribution in [2.24, 2.45) is 5.92 Å². The molecule has 2 aliphatic rings. The number of nitrogens with one attached hydrogen (secondary N) is 1. The first-order valence-corrected chi connectivity index (χ1v) is 10.4. The van der Waals surface area contributed by atoms with Crippen molar-refractivity contribution in [1.82, 2.24) is 0 Å². The van der Waals surface area contributed by atoms with Crippen molar-refractivity contribution in [2.75, 3.05) is 16.8 Å². The summed E-state index contributed by atoms with van der Waals surface area (Å²) in [6.07, 6.45) is 5.42. The van der Waals surface area contributed by atoms with Crippen molar-refractivity contribution in [2.45, 2.75) is 44.4 Å². The van der Waals surface area contributed by atoms with Crippen LogP contribution in [0.15, 0.2) is 48.5 Å². The summed E-state index contributed by atoms with van der Waals surface area (Å²) in [4.78, 5) is 26.9. The molecule has 29 heavy (non-hydrogen) atoms. The Labute approximate surface area is 171 Å². The molecule has 1 saturated carbocycles. The molecule has 2 unspecified atom stereocenters. The maximum Gasteiger partial charge on any atom is 0.228 e. The zero-order valence-corrected chi connectivity index (χ0v) is 16.4. The zero-order valence-electron chi connectivity index (χ0n) is 16.4. The maximum absolute atomic E-state index is 13.0. The van der Waals surface area contributed by atoms with Crippen LogP contribution < -0.4 is 10.2 Å². The first-order valence-electron chi connectivity index (χ1n) is 10.4. The quantitative estimate of drug-likeness (QED) is 0.833. The third-order valence-corrected chi connectivity index (χ3v) is 6.07. The van der Waals surface area contributed by atoms with Gasteiger partial charge in [-0.1, -0.05) is 18.6 Å². The van der Waals surface area contributed by atoms with Crippen LogP contribution in [-0.2, 0) is 9.59 Å². The molecule has 0 bridgehead atoms. The van der Waals surface area contributed by atoms with E-state index in [0.29, 0.717) is 12.0 Å². The predicted molar refractivity (Wildman–Crippen MR) is 113 cm³/mol. The molecule has 2 amide bonds. The van der Waals surface area contributed by atoms with Gasteiger partial charge in [0.2, 0.25) is 11.8 Å². The van der Waals surface area contributed by atoms with Crippen LogP contribution in [0.4, 0.5) is 11.4 Å². The Morgan fingerprint density at radius 3 is 2.66 bits per heavy atom. The van der Waals surface area contributed by atoms with Crippen LogP contribution in [0.1, 0.15) is 55.6 Å². The van der Waals surface area contributed by atoms with E-state index in [1.807, 2.05) is 47.4 Å². The fourth-order valence-electron chi connectivity index (χ4n) is 4.55. The lowest BCUT2D eigenvalue weighted by Gasteiger charge is -2.27. The van der Waals surface area contributed by atoms with E-state index >= 15 is 0 Å². The summed E-state index contributed by atoms with van der Waals surface area (Å²) in [6, 6.07) is 17.3. The van der Waals surface area contributed by atoms with Crippen LogP contribution in [0.3, 0.4) is 0 Å². The van der Waals surface area contributed by atoms with Crippen LogP contribution in [0.2, 0.25) is 0 Å². The molecule has 2 aromatic rings. The van der Waals surface area contributed by atoms with Crippen LogP contribution in [0.25, 0.3) is 0 Å². The van der Waals surface area contributed by atoms with Crippen LogP contribution in [0, 0.1) is 17.2 Å². The minimum absolute atomic E-state index is 0.0247. The number of hydrogen-bond acceptors (Lipinski definition) is 3. The second kappa shape index (κ2) is 8.48. The second-order valence-corrected chi connectivity index (χ2v) is 7.92. The van der Waals surface area contributed by atoms with Gasteiger partial charge in [-0.3, -0.25) is 9.59 Å². The van der Waals surface area contributed by atoms with Crippen molar-refractivity contribution >= 4 is 23.2 Å².